The van der Waals surface area contributed by atoms with Crippen LogP contribution in [-0.2, 0) is 0 Å². The lowest BCUT2D eigenvalue weighted by Crippen LogP contribution is -2.50. The van der Waals surface area contributed by atoms with Crippen molar-refractivity contribution in [1.82, 2.24) is 4.90 Å². The Bertz CT molecular complexity index is 245. The number of aliphatic hydroxyl groups excluding tert-OH is 1. The van der Waals surface area contributed by atoms with Crippen LogP contribution in [-0.4, -0.2) is 48.3 Å². The number of hydrogen-bond acceptors (Lipinski definition) is 2. The molecule has 3 atom stereocenters. The molecular formula is C10H16F5NO. The molecule has 0 aromatic carbocycles. The predicted octanol–water partition coefficient (Wildman–Crippen LogP) is 2.28. The van der Waals surface area contributed by atoms with E-state index >= 15 is 0 Å². The molecule has 1 saturated carbocycles. The fourth-order valence-electron chi connectivity index (χ4n) is 2.35. The van der Waals surface area contributed by atoms with Crippen LogP contribution in [0.4, 0.5) is 22.0 Å². The van der Waals surface area contributed by atoms with Crippen molar-refractivity contribution in [1.29, 1.82) is 0 Å². The lowest BCUT2D eigenvalue weighted by molar-refractivity contribution is -0.205. The highest BCUT2D eigenvalue weighted by Crippen LogP contribution is 2.39. The van der Waals surface area contributed by atoms with E-state index in [0.29, 0.717) is 0 Å². The van der Waals surface area contributed by atoms with Gasteiger partial charge in [-0.3, -0.25) is 4.90 Å². The van der Waals surface area contributed by atoms with E-state index in [1.165, 1.54) is 7.05 Å². The first-order valence-corrected chi connectivity index (χ1v) is 5.45. The third-order valence-corrected chi connectivity index (χ3v) is 3.20. The fourth-order valence-corrected chi connectivity index (χ4v) is 2.35. The molecule has 1 rings (SSSR count). The van der Waals surface area contributed by atoms with E-state index in [0.717, 1.165) is 4.90 Å². The van der Waals surface area contributed by atoms with Gasteiger partial charge in [-0.05, 0) is 26.3 Å². The van der Waals surface area contributed by atoms with E-state index in [2.05, 4.69) is 0 Å². The third kappa shape index (κ3) is 4.06. The molecule has 7 heteroatoms. The van der Waals surface area contributed by atoms with Gasteiger partial charge in [-0.25, -0.2) is 8.78 Å². The zero-order valence-electron chi connectivity index (χ0n) is 9.42. The molecule has 0 spiro atoms. The molecule has 0 aromatic rings. The molecule has 0 saturated heterocycles. The number of hydrogen-bond donors (Lipinski definition) is 1. The Kier molecular flexibility index (Phi) is 4.71. The normalized spacial score (nSPS) is 31.2. The average molecular weight is 261 g/mol. The van der Waals surface area contributed by atoms with Crippen LogP contribution in [0.3, 0.4) is 0 Å². The Labute approximate surface area is 96.4 Å². The second-order valence-corrected chi connectivity index (χ2v) is 4.51. The van der Waals surface area contributed by atoms with Gasteiger partial charge in [0.1, 0.15) is 0 Å². The third-order valence-electron chi connectivity index (χ3n) is 3.20. The first kappa shape index (κ1) is 14.6. The van der Waals surface area contributed by atoms with Gasteiger partial charge in [0, 0.05) is 6.04 Å². The molecule has 0 heterocycles. The fraction of sp³-hybridized carbons (Fsp3) is 1.00. The number of aliphatic hydroxyl groups is 1. The number of rotatable bonds is 3. The summed E-state index contributed by atoms with van der Waals surface area (Å²) in [5.41, 5.74) is 0. The predicted molar refractivity (Wildman–Crippen MR) is 51.8 cm³/mol. The van der Waals surface area contributed by atoms with Crippen LogP contribution >= 0.6 is 0 Å². The van der Waals surface area contributed by atoms with Crippen molar-refractivity contribution in [2.24, 2.45) is 5.92 Å². The van der Waals surface area contributed by atoms with Crippen LogP contribution < -0.4 is 0 Å². The minimum absolute atomic E-state index is 0.0726. The molecule has 1 N–H and O–H groups in total. The van der Waals surface area contributed by atoms with Crippen molar-refractivity contribution in [3.05, 3.63) is 0 Å². The Hall–Kier alpha value is -0.430. The van der Waals surface area contributed by atoms with Gasteiger partial charge >= 0.3 is 6.18 Å². The molecule has 0 bridgehead atoms. The minimum atomic E-state index is -4.40. The second-order valence-electron chi connectivity index (χ2n) is 4.51. The highest BCUT2D eigenvalue weighted by atomic mass is 19.4. The van der Waals surface area contributed by atoms with Gasteiger partial charge in [0.15, 0.2) is 0 Å². The summed E-state index contributed by atoms with van der Waals surface area (Å²) >= 11 is 0. The van der Waals surface area contributed by atoms with Crippen LogP contribution in [0, 0.1) is 5.92 Å². The quantitative estimate of drug-likeness (QED) is 0.788. The lowest BCUT2D eigenvalue weighted by atomic mass is 9.81. The summed E-state index contributed by atoms with van der Waals surface area (Å²) in [7, 11) is 1.24. The van der Waals surface area contributed by atoms with Crippen LogP contribution in [0.1, 0.15) is 19.3 Å². The van der Waals surface area contributed by atoms with E-state index in [1.807, 2.05) is 0 Å². The van der Waals surface area contributed by atoms with Crippen LogP contribution in [0.2, 0.25) is 0 Å². The molecule has 0 aromatic heterocycles. The SMILES string of the molecule is CN(CC(F)F)C1CC(O)CCC1C(F)(F)F. The molecule has 1 aliphatic carbocycles. The summed E-state index contributed by atoms with van der Waals surface area (Å²) in [5.74, 6) is -1.63. The Morgan fingerprint density at radius 1 is 1.29 bits per heavy atom. The summed E-state index contributed by atoms with van der Waals surface area (Å²) < 4.78 is 62.5. The first-order valence-electron chi connectivity index (χ1n) is 5.45. The van der Waals surface area contributed by atoms with Gasteiger partial charge in [-0.15, -0.1) is 0 Å². The number of halogens is 5. The summed E-state index contributed by atoms with van der Waals surface area (Å²) in [5, 5.41) is 9.36. The van der Waals surface area contributed by atoms with E-state index in [4.69, 9.17) is 0 Å². The summed E-state index contributed by atoms with van der Waals surface area (Å²) in [6.07, 6.45) is -8.15. The van der Waals surface area contributed by atoms with Gasteiger partial charge < -0.3 is 5.11 Å². The molecule has 2 nitrogen and oxygen atoms in total. The molecule has 1 fully saturated rings. The molecule has 0 aliphatic heterocycles. The number of alkyl halides is 5. The zero-order valence-corrected chi connectivity index (χ0v) is 9.42. The topological polar surface area (TPSA) is 23.5 Å². The van der Waals surface area contributed by atoms with Crippen molar-refractivity contribution in [3.63, 3.8) is 0 Å². The highest BCUT2D eigenvalue weighted by molar-refractivity contribution is 4.89. The number of nitrogens with zero attached hydrogens (tertiary/aromatic N) is 1. The second kappa shape index (κ2) is 5.48. The molecule has 3 unspecified atom stereocenters. The van der Waals surface area contributed by atoms with Crippen LogP contribution in [0.15, 0.2) is 0 Å². The monoisotopic (exact) mass is 261 g/mol. The van der Waals surface area contributed by atoms with E-state index in [9.17, 15) is 27.1 Å². The van der Waals surface area contributed by atoms with Crippen molar-refractivity contribution in [2.45, 2.75) is 44.0 Å². The minimum Gasteiger partial charge on any atom is -0.393 e. The van der Waals surface area contributed by atoms with Crippen molar-refractivity contribution < 1.29 is 27.1 Å². The molecule has 0 radical (unpaired) electrons. The Morgan fingerprint density at radius 3 is 2.35 bits per heavy atom. The Morgan fingerprint density at radius 2 is 1.88 bits per heavy atom. The molecule has 0 amide bonds. The van der Waals surface area contributed by atoms with Gasteiger partial charge in [0.2, 0.25) is 0 Å². The smallest absolute Gasteiger partial charge is 0.393 e. The summed E-state index contributed by atoms with van der Waals surface area (Å²) in [6.45, 7) is -0.704. The standard InChI is InChI=1S/C10H16F5NO/c1-16(5-9(11)12)8-4-6(17)2-3-7(8)10(13,14)15/h6-9,17H,2-5H2,1H3. The maximum absolute atomic E-state index is 12.7. The summed E-state index contributed by atoms with van der Waals surface area (Å²) in [4.78, 5) is 1.01. The highest BCUT2D eigenvalue weighted by Gasteiger charge is 2.48. The van der Waals surface area contributed by atoms with Crippen LogP contribution in [0.5, 0.6) is 0 Å². The van der Waals surface area contributed by atoms with E-state index in [1.54, 1.807) is 0 Å². The van der Waals surface area contributed by atoms with Gasteiger partial charge in [-0.1, -0.05) is 0 Å². The molecule has 17 heavy (non-hydrogen) atoms. The van der Waals surface area contributed by atoms with E-state index in [-0.39, 0.29) is 19.3 Å². The van der Waals surface area contributed by atoms with Crippen molar-refractivity contribution in [3.8, 4) is 0 Å². The maximum Gasteiger partial charge on any atom is 0.393 e. The van der Waals surface area contributed by atoms with Gasteiger partial charge in [0.25, 0.3) is 6.43 Å². The Balaban J connectivity index is 2.74. The van der Waals surface area contributed by atoms with Crippen molar-refractivity contribution >= 4 is 0 Å². The average Bonchev–Trinajstić information content (AvgIpc) is 2.14. The summed E-state index contributed by atoms with van der Waals surface area (Å²) in [6, 6.07) is -1.06. The molecular weight excluding hydrogens is 245 g/mol. The largest absolute Gasteiger partial charge is 0.393 e. The first-order chi connectivity index (χ1) is 7.71. The molecule has 102 valence electrons. The van der Waals surface area contributed by atoms with Gasteiger partial charge in [0.05, 0.1) is 18.6 Å². The zero-order chi connectivity index (χ0) is 13.2. The van der Waals surface area contributed by atoms with Gasteiger partial charge in [-0.2, -0.15) is 13.2 Å². The lowest BCUT2D eigenvalue weighted by Gasteiger charge is -2.40. The van der Waals surface area contributed by atoms with E-state index < -0.39 is 37.2 Å². The van der Waals surface area contributed by atoms with Crippen LogP contribution in [0.25, 0.3) is 0 Å². The van der Waals surface area contributed by atoms with Crippen molar-refractivity contribution in [2.75, 3.05) is 13.6 Å². The molecule has 1 aliphatic rings. The maximum atomic E-state index is 12.7.